The van der Waals surface area contributed by atoms with Gasteiger partial charge in [0.05, 0.1) is 12.7 Å². The van der Waals surface area contributed by atoms with E-state index in [-0.39, 0.29) is 30.7 Å². The minimum atomic E-state index is -0.423. The van der Waals surface area contributed by atoms with Crippen LogP contribution in [0.4, 0.5) is 20.2 Å². The molecular weight excluding hydrogens is 378 g/mol. The fourth-order valence-electron chi connectivity index (χ4n) is 3.38. The van der Waals surface area contributed by atoms with Crippen molar-refractivity contribution < 1.29 is 23.3 Å². The molecule has 1 atom stereocenters. The molecule has 29 heavy (non-hydrogen) atoms. The summed E-state index contributed by atoms with van der Waals surface area (Å²) in [6.07, 6.45) is 0. The van der Waals surface area contributed by atoms with Gasteiger partial charge in [0.25, 0.3) is 11.8 Å². The Kier molecular flexibility index (Phi) is 6.77. The van der Waals surface area contributed by atoms with Crippen LogP contribution in [0.2, 0.25) is 0 Å². The molecule has 1 fully saturated rings. The Bertz CT molecular complexity index is 869. The Morgan fingerprint density at radius 1 is 1.00 bits per heavy atom. The van der Waals surface area contributed by atoms with Crippen molar-refractivity contribution in [1.82, 2.24) is 4.90 Å². The number of carbonyl (C=O) groups excluding carboxylic acids is 2. The highest BCUT2D eigenvalue weighted by Gasteiger charge is 2.25. The quantitative estimate of drug-likeness (QED) is 0.749. The molecule has 0 radical (unpaired) electrons. The maximum atomic E-state index is 13.9. The third-order valence-corrected chi connectivity index (χ3v) is 4.85. The van der Waals surface area contributed by atoms with Crippen LogP contribution in [0.15, 0.2) is 48.5 Å². The zero-order chi connectivity index (χ0) is 20.8. The molecule has 1 aliphatic rings. The van der Waals surface area contributed by atoms with Crippen molar-refractivity contribution in [2.45, 2.75) is 0 Å². The number of rotatable bonds is 6. The highest BCUT2D eigenvalue weighted by Crippen LogP contribution is 2.20. The average Bonchev–Trinajstić information content (AvgIpc) is 2.68. The monoisotopic (exact) mass is 403 g/mol. The van der Waals surface area contributed by atoms with Crippen LogP contribution in [0.25, 0.3) is 0 Å². The van der Waals surface area contributed by atoms with Crippen LogP contribution in [0.3, 0.4) is 0 Å². The molecule has 8 heteroatoms. The number of likely N-dealkylation sites (N-methyl/N-ethyl adjacent to an activating group) is 1. The molecule has 6 nitrogen and oxygen atoms in total. The lowest BCUT2D eigenvalue weighted by molar-refractivity contribution is -0.862. The van der Waals surface area contributed by atoms with Gasteiger partial charge in [-0.1, -0.05) is 18.2 Å². The maximum absolute atomic E-state index is 13.9. The number of halogens is 2. The Hall–Kier alpha value is -3.00. The van der Waals surface area contributed by atoms with E-state index in [2.05, 4.69) is 5.32 Å². The normalized spacial score (nSPS) is 15.1. The van der Waals surface area contributed by atoms with E-state index in [1.807, 2.05) is 4.90 Å². The highest BCUT2D eigenvalue weighted by atomic mass is 19.1. The van der Waals surface area contributed by atoms with E-state index in [0.717, 1.165) is 4.90 Å². The number of nitrogens with one attached hydrogen (secondary N) is 2. The van der Waals surface area contributed by atoms with Crippen LogP contribution in [0.5, 0.6) is 0 Å². The zero-order valence-electron chi connectivity index (χ0n) is 16.3. The van der Waals surface area contributed by atoms with Gasteiger partial charge in [0, 0.05) is 31.9 Å². The second kappa shape index (κ2) is 9.47. The molecule has 0 spiro atoms. The maximum Gasteiger partial charge on any atom is 0.279 e. The summed E-state index contributed by atoms with van der Waals surface area (Å²) in [4.78, 5) is 29.0. The summed E-state index contributed by atoms with van der Waals surface area (Å²) >= 11 is 0. The minimum Gasteiger partial charge on any atom is -0.366 e. The smallest absolute Gasteiger partial charge is 0.279 e. The molecule has 1 heterocycles. The van der Waals surface area contributed by atoms with Gasteiger partial charge >= 0.3 is 0 Å². The lowest BCUT2D eigenvalue weighted by Crippen LogP contribution is -3.11. The second-order valence-corrected chi connectivity index (χ2v) is 7.19. The van der Waals surface area contributed by atoms with Gasteiger partial charge in [-0.2, -0.15) is 0 Å². The molecule has 0 aromatic heterocycles. The molecule has 1 aliphatic heterocycles. The van der Waals surface area contributed by atoms with Gasteiger partial charge in [-0.05, 0) is 30.3 Å². The number of amides is 2. The zero-order valence-corrected chi connectivity index (χ0v) is 16.3. The number of nitrogens with zero attached hydrogens (tertiary/aromatic N) is 2. The Morgan fingerprint density at radius 3 is 2.41 bits per heavy atom. The fraction of sp³-hybridized carbons (Fsp3) is 0.333. The summed E-state index contributed by atoms with van der Waals surface area (Å²) in [5.74, 6) is -1.02. The molecule has 2 amide bonds. The van der Waals surface area contributed by atoms with E-state index in [1.165, 1.54) is 24.3 Å². The van der Waals surface area contributed by atoms with Crippen molar-refractivity contribution in [3.05, 3.63) is 60.2 Å². The number of benzene rings is 2. The first-order valence-corrected chi connectivity index (χ1v) is 9.56. The van der Waals surface area contributed by atoms with E-state index < -0.39 is 5.82 Å². The molecule has 2 aromatic carbocycles. The molecule has 1 saturated heterocycles. The van der Waals surface area contributed by atoms with Gasteiger partial charge in [0.2, 0.25) is 0 Å². The van der Waals surface area contributed by atoms with E-state index in [9.17, 15) is 18.4 Å². The molecule has 0 bridgehead atoms. The van der Waals surface area contributed by atoms with Gasteiger partial charge in [0.15, 0.2) is 13.1 Å². The predicted molar refractivity (Wildman–Crippen MR) is 107 cm³/mol. The van der Waals surface area contributed by atoms with Crippen LogP contribution >= 0.6 is 0 Å². The summed E-state index contributed by atoms with van der Waals surface area (Å²) in [6, 6.07) is 12.3. The van der Waals surface area contributed by atoms with Gasteiger partial charge in [-0.15, -0.1) is 0 Å². The second-order valence-electron chi connectivity index (χ2n) is 7.19. The SMILES string of the molecule is C[NH+](CC(=O)Nc1cccc(F)c1)CC(=O)N1CCN(c2ccccc2F)CC1. The molecule has 2 N–H and O–H groups in total. The van der Waals surface area contributed by atoms with Gasteiger partial charge in [-0.25, -0.2) is 8.78 Å². The standard InChI is InChI=1S/C21H24F2N4O2/c1-25(14-20(28)24-17-6-4-5-16(22)13-17)15-21(29)27-11-9-26(10-12-27)19-8-3-2-7-18(19)23/h2-8,13H,9-12,14-15H2,1H3,(H,24,28)/p+1. The first-order chi connectivity index (χ1) is 13.9. The molecule has 154 valence electrons. The third kappa shape index (κ3) is 5.74. The molecule has 3 rings (SSSR count). The van der Waals surface area contributed by atoms with Crippen molar-refractivity contribution >= 4 is 23.2 Å². The number of carbonyl (C=O) groups is 2. The summed E-state index contributed by atoms with van der Waals surface area (Å²) in [7, 11) is 1.76. The van der Waals surface area contributed by atoms with Crippen molar-refractivity contribution in [3.8, 4) is 0 Å². The summed E-state index contributed by atoms with van der Waals surface area (Å²) < 4.78 is 27.1. The van der Waals surface area contributed by atoms with E-state index in [4.69, 9.17) is 0 Å². The van der Waals surface area contributed by atoms with Gasteiger partial charge in [0.1, 0.15) is 11.6 Å². The minimum absolute atomic E-state index is 0.0470. The fourth-order valence-corrected chi connectivity index (χ4v) is 3.38. The topological polar surface area (TPSA) is 57.1 Å². The number of hydrogen-bond acceptors (Lipinski definition) is 3. The summed E-state index contributed by atoms with van der Waals surface area (Å²) in [5, 5.41) is 2.63. The van der Waals surface area contributed by atoms with Gasteiger partial charge < -0.3 is 20.0 Å². The lowest BCUT2D eigenvalue weighted by Gasteiger charge is -2.36. The van der Waals surface area contributed by atoms with Crippen LogP contribution in [0.1, 0.15) is 0 Å². The van der Waals surface area contributed by atoms with E-state index >= 15 is 0 Å². The number of quaternary nitrogens is 1. The largest absolute Gasteiger partial charge is 0.366 e. The number of para-hydroxylation sites is 1. The van der Waals surface area contributed by atoms with Crippen molar-refractivity contribution in [3.63, 3.8) is 0 Å². The lowest BCUT2D eigenvalue weighted by atomic mass is 10.2. The Balaban J connectivity index is 1.44. The Morgan fingerprint density at radius 2 is 1.72 bits per heavy atom. The number of anilines is 2. The van der Waals surface area contributed by atoms with Crippen LogP contribution < -0.4 is 15.1 Å². The van der Waals surface area contributed by atoms with Gasteiger partial charge in [-0.3, -0.25) is 9.59 Å². The highest BCUT2D eigenvalue weighted by molar-refractivity contribution is 5.91. The van der Waals surface area contributed by atoms with Crippen molar-refractivity contribution in [1.29, 1.82) is 0 Å². The molecule has 2 aromatic rings. The summed E-state index contributed by atoms with van der Waals surface area (Å²) in [5.41, 5.74) is 0.940. The van der Waals surface area contributed by atoms with Crippen LogP contribution in [0, 0.1) is 11.6 Å². The predicted octanol–water partition coefficient (Wildman–Crippen LogP) is 0.767. The molecule has 0 aliphatic carbocycles. The molecule has 1 unspecified atom stereocenters. The van der Waals surface area contributed by atoms with Crippen LogP contribution in [-0.4, -0.2) is 63.0 Å². The van der Waals surface area contributed by atoms with E-state index in [1.54, 1.807) is 36.2 Å². The molecular formula is C21H25F2N4O2+. The van der Waals surface area contributed by atoms with Crippen molar-refractivity contribution in [2.24, 2.45) is 0 Å². The number of hydrogen-bond donors (Lipinski definition) is 2. The number of piperazine rings is 1. The van der Waals surface area contributed by atoms with E-state index in [0.29, 0.717) is 37.6 Å². The third-order valence-electron chi connectivity index (χ3n) is 4.85. The summed E-state index contributed by atoms with van der Waals surface area (Å²) in [6.45, 7) is 2.41. The first-order valence-electron chi connectivity index (χ1n) is 9.56. The van der Waals surface area contributed by atoms with Crippen molar-refractivity contribution in [2.75, 3.05) is 56.5 Å². The van der Waals surface area contributed by atoms with Crippen LogP contribution in [-0.2, 0) is 9.59 Å². The first kappa shape index (κ1) is 20.7. The average molecular weight is 403 g/mol. The molecule has 0 saturated carbocycles. The Labute approximate surface area is 168 Å².